The van der Waals surface area contributed by atoms with Crippen molar-refractivity contribution in [1.82, 2.24) is 10.6 Å². The maximum absolute atomic E-state index is 11.8. The fourth-order valence-electron chi connectivity index (χ4n) is 1.71. The standard InChI is InChI=1S/C12H24N2O/c1-9(2)12(6-7-12)8-14-10(15)11(3,4)13-5/h9,13H,6-8H2,1-5H3,(H,14,15). The summed E-state index contributed by atoms with van der Waals surface area (Å²) in [6, 6.07) is 0. The van der Waals surface area contributed by atoms with Gasteiger partial charge < -0.3 is 10.6 Å². The molecule has 1 aliphatic carbocycles. The molecule has 0 aliphatic heterocycles. The maximum atomic E-state index is 11.8. The maximum Gasteiger partial charge on any atom is 0.239 e. The van der Waals surface area contributed by atoms with Gasteiger partial charge in [0.25, 0.3) is 0 Å². The monoisotopic (exact) mass is 212 g/mol. The third kappa shape index (κ3) is 2.71. The molecule has 0 aromatic carbocycles. The minimum absolute atomic E-state index is 0.0944. The van der Waals surface area contributed by atoms with E-state index in [0.29, 0.717) is 11.3 Å². The van der Waals surface area contributed by atoms with Crippen molar-refractivity contribution in [3.05, 3.63) is 0 Å². The van der Waals surface area contributed by atoms with E-state index in [0.717, 1.165) is 6.54 Å². The predicted octanol–water partition coefficient (Wildman–Crippen LogP) is 1.54. The summed E-state index contributed by atoms with van der Waals surface area (Å²) < 4.78 is 0. The highest BCUT2D eigenvalue weighted by Gasteiger charge is 2.45. The Hall–Kier alpha value is -0.570. The average molecular weight is 212 g/mol. The number of nitrogens with one attached hydrogen (secondary N) is 2. The largest absolute Gasteiger partial charge is 0.354 e. The second-order valence-electron chi connectivity index (χ2n) is 5.57. The Kier molecular flexibility index (Phi) is 3.44. The van der Waals surface area contributed by atoms with Crippen LogP contribution in [0.4, 0.5) is 0 Å². The first-order valence-electron chi connectivity index (χ1n) is 5.81. The van der Waals surface area contributed by atoms with Crippen molar-refractivity contribution in [3.8, 4) is 0 Å². The molecule has 0 unspecified atom stereocenters. The molecule has 3 heteroatoms. The summed E-state index contributed by atoms with van der Waals surface area (Å²) in [6.45, 7) is 9.11. The Balaban J connectivity index is 2.41. The van der Waals surface area contributed by atoms with Crippen LogP contribution in [0.25, 0.3) is 0 Å². The van der Waals surface area contributed by atoms with Gasteiger partial charge in [0.2, 0.25) is 5.91 Å². The van der Waals surface area contributed by atoms with Gasteiger partial charge in [0.1, 0.15) is 0 Å². The Morgan fingerprint density at radius 3 is 2.27 bits per heavy atom. The highest BCUT2D eigenvalue weighted by Crippen LogP contribution is 2.51. The molecule has 0 radical (unpaired) electrons. The molecule has 1 amide bonds. The third-order valence-corrected chi connectivity index (χ3v) is 3.91. The molecule has 3 nitrogen and oxygen atoms in total. The zero-order valence-electron chi connectivity index (χ0n) is 10.6. The van der Waals surface area contributed by atoms with Crippen LogP contribution in [-0.2, 0) is 4.79 Å². The summed E-state index contributed by atoms with van der Waals surface area (Å²) in [7, 11) is 1.81. The summed E-state index contributed by atoms with van der Waals surface area (Å²) in [6.07, 6.45) is 2.51. The molecule has 1 rings (SSSR count). The van der Waals surface area contributed by atoms with Crippen molar-refractivity contribution in [2.24, 2.45) is 11.3 Å². The van der Waals surface area contributed by atoms with E-state index in [1.165, 1.54) is 12.8 Å². The Morgan fingerprint density at radius 2 is 1.93 bits per heavy atom. The number of hydrogen-bond donors (Lipinski definition) is 2. The van der Waals surface area contributed by atoms with E-state index in [9.17, 15) is 4.79 Å². The van der Waals surface area contributed by atoms with Gasteiger partial charge in [0.05, 0.1) is 5.54 Å². The fraction of sp³-hybridized carbons (Fsp3) is 0.917. The summed E-state index contributed by atoms with van der Waals surface area (Å²) in [5.74, 6) is 0.757. The molecule has 0 aromatic rings. The Morgan fingerprint density at radius 1 is 1.40 bits per heavy atom. The molecule has 1 aliphatic rings. The van der Waals surface area contributed by atoms with Gasteiger partial charge in [-0.05, 0) is 45.1 Å². The van der Waals surface area contributed by atoms with E-state index in [4.69, 9.17) is 0 Å². The van der Waals surface area contributed by atoms with Crippen molar-refractivity contribution >= 4 is 5.91 Å². The van der Waals surface area contributed by atoms with Crippen LogP contribution in [0.1, 0.15) is 40.5 Å². The van der Waals surface area contributed by atoms with Crippen LogP contribution in [0.3, 0.4) is 0 Å². The molecule has 0 bridgehead atoms. The van der Waals surface area contributed by atoms with Crippen LogP contribution >= 0.6 is 0 Å². The molecule has 0 saturated heterocycles. The number of likely N-dealkylation sites (N-methyl/N-ethyl adjacent to an activating group) is 1. The van der Waals surface area contributed by atoms with Gasteiger partial charge in [-0.3, -0.25) is 4.79 Å². The number of amides is 1. The lowest BCUT2D eigenvalue weighted by Crippen LogP contribution is -2.52. The van der Waals surface area contributed by atoms with E-state index in [2.05, 4.69) is 24.5 Å². The molecule has 0 heterocycles. The summed E-state index contributed by atoms with van der Waals surface area (Å²) in [5.41, 5.74) is -0.0768. The number of carbonyl (C=O) groups excluding carboxylic acids is 1. The quantitative estimate of drug-likeness (QED) is 0.726. The highest BCUT2D eigenvalue weighted by molar-refractivity contribution is 5.85. The molecule has 0 atom stereocenters. The first-order valence-corrected chi connectivity index (χ1v) is 5.81. The van der Waals surface area contributed by atoms with Crippen molar-refractivity contribution in [3.63, 3.8) is 0 Å². The smallest absolute Gasteiger partial charge is 0.239 e. The van der Waals surface area contributed by atoms with Gasteiger partial charge in [0.15, 0.2) is 0 Å². The van der Waals surface area contributed by atoms with Crippen molar-refractivity contribution < 1.29 is 4.79 Å². The van der Waals surface area contributed by atoms with Crippen LogP contribution < -0.4 is 10.6 Å². The lowest BCUT2D eigenvalue weighted by atomic mass is 9.92. The van der Waals surface area contributed by atoms with Gasteiger partial charge in [0, 0.05) is 6.54 Å². The minimum atomic E-state index is -0.465. The van der Waals surface area contributed by atoms with Crippen LogP contribution in [-0.4, -0.2) is 25.0 Å². The van der Waals surface area contributed by atoms with E-state index < -0.39 is 5.54 Å². The molecule has 1 fully saturated rings. The number of hydrogen-bond acceptors (Lipinski definition) is 2. The molecule has 0 spiro atoms. The zero-order valence-corrected chi connectivity index (χ0v) is 10.6. The fourth-order valence-corrected chi connectivity index (χ4v) is 1.71. The van der Waals surface area contributed by atoms with Crippen molar-refractivity contribution in [2.45, 2.75) is 46.1 Å². The molecular formula is C12H24N2O. The van der Waals surface area contributed by atoms with Gasteiger partial charge in [-0.15, -0.1) is 0 Å². The first kappa shape index (κ1) is 12.5. The zero-order chi connectivity index (χ0) is 11.7. The number of carbonyl (C=O) groups is 1. The van der Waals surface area contributed by atoms with Crippen LogP contribution in [0.2, 0.25) is 0 Å². The van der Waals surface area contributed by atoms with E-state index >= 15 is 0 Å². The lowest BCUT2D eigenvalue weighted by molar-refractivity contribution is -0.126. The van der Waals surface area contributed by atoms with Crippen LogP contribution in [0.15, 0.2) is 0 Å². The Labute approximate surface area is 93.0 Å². The van der Waals surface area contributed by atoms with Gasteiger partial charge in [-0.25, -0.2) is 0 Å². The average Bonchev–Trinajstić information content (AvgIpc) is 2.95. The normalized spacial score (nSPS) is 19.1. The highest BCUT2D eigenvalue weighted by atomic mass is 16.2. The van der Waals surface area contributed by atoms with Crippen molar-refractivity contribution in [1.29, 1.82) is 0 Å². The molecule has 0 aromatic heterocycles. The minimum Gasteiger partial charge on any atom is -0.354 e. The Bertz CT molecular complexity index is 242. The SMILES string of the molecule is CNC(C)(C)C(=O)NCC1(C(C)C)CC1. The molecule has 2 N–H and O–H groups in total. The van der Waals surface area contributed by atoms with E-state index in [1.807, 2.05) is 20.9 Å². The third-order valence-electron chi connectivity index (χ3n) is 3.91. The number of rotatable bonds is 5. The topological polar surface area (TPSA) is 41.1 Å². The van der Waals surface area contributed by atoms with Gasteiger partial charge in [-0.2, -0.15) is 0 Å². The first-order chi connectivity index (χ1) is 6.84. The van der Waals surface area contributed by atoms with Crippen LogP contribution in [0.5, 0.6) is 0 Å². The summed E-state index contributed by atoms with van der Waals surface area (Å²) in [4.78, 5) is 11.8. The second kappa shape index (κ2) is 4.12. The van der Waals surface area contributed by atoms with E-state index in [-0.39, 0.29) is 5.91 Å². The summed E-state index contributed by atoms with van der Waals surface area (Å²) >= 11 is 0. The van der Waals surface area contributed by atoms with E-state index in [1.54, 1.807) is 0 Å². The van der Waals surface area contributed by atoms with Gasteiger partial charge in [-0.1, -0.05) is 13.8 Å². The van der Waals surface area contributed by atoms with Gasteiger partial charge >= 0.3 is 0 Å². The molecule has 15 heavy (non-hydrogen) atoms. The molecule has 1 saturated carbocycles. The molecule has 88 valence electrons. The summed E-state index contributed by atoms with van der Waals surface area (Å²) in [5, 5.41) is 6.07. The lowest BCUT2D eigenvalue weighted by Gasteiger charge is -2.26. The predicted molar refractivity (Wildman–Crippen MR) is 62.7 cm³/mol. The van der Waals surface area contributed by atoms with Crippen LogP contribution in [0, 0.1) is 11.3 Å². The second-order valence-corrected chi connectivity index (χ2v) is 5.57. The molecular weight excluding hydrogens is 188 g/mol. The van der Waals surface area contributed by atoms with Crippen molar-refractivity contribution in [2.75, 3.05) is 13.6 Å².